The molecule has 0 unspecified atom stereocenters. The van der Waals surface area contributed by atoms with Crippen LogP contribution in [0.4, 0.5) is 0 Å². The van der Waals surface area contributed by atoms with E-state index >= 15 is 0 Å². The summed E-state index contributed by atoms with van der Waals surface area (Å²) in [6.07, 6.45) is 1.60. The molecule has 7 heteroatoms. The third-order valence-electron chi connectivity index (χ3n) is 3.22. The maximum absolute atomic E-state index is 11.4. The predicted molar refractivity (Wildman–Crippen MR) is 89.7 cm³/mol. The van der Waals surface area contributed by atoms with Crippen LogP contribution in [-0.2, 0) is 0 Å². The topological polar surface area (TPSA) is 92.6 Å². The minimum absolute atomic E-state index is 0.0845. The van der Waals surface area contributed by atoms with Crippen LogP contribution in [0.5, 0.6) is 0 Å². The predicted octanol–water partition coefficient (Wildman–Crippen LogP) is 1.96. The van der Waals surface area contributed by atoms with E-state index < -0.39 is 5.97 Å². The molecule has 0 saturated carbocycles. The number of hydrogen-bond acceptors (Lipinski definition) is 3. The average molecular weight is 316 g/mol. The lowest BCUT2D eigenvalue weighted by molar-refractivity contribution is 0.0697. The van der Waals surface area contributed by atoms with Crippen molar-refractivity contribution in [3.63, 3.8) is 0 Å². The van der Waals surface area contributed by atoms with Crippen molar-refractivity contribution >= 4 is 29.5 Å². The molecular formula is C15H16N4O2S. The van der Waals surface area contributed by atoms with Gasteiger partial charge in [-0.15, -0.1) is 0 Å². The zero-order valence-electron chi connectivity index (χ0n) is 12.2. The molecule has 0 aliphatic carbocycles. The molecule has 0 saturated heterocycles. The molecule has 2 aromatic rings. The number of nitrogens with one attached hydrogen (secondary N) is 1. The second-order valence-corrected chi connectivity index (χ2v) is 5.16. The van der Waals surface area contributed by atoms with Crippen LogP contribution in [0, 0.1) is 13.8 Å². The lowest BCUT2D eigenvalue weighted by Crippen LogP contribution is -2.24. The Morgan fingerprint density at radius 3 is 2.73 bits per heavy atom. The number of aromatic carboxylic acids is 1. The molecule has 4 N–H and O–H groups in total. The van der Waals surface area contributed by atoms with E-state index in [9.17, 15) is 9.90 Å². The van der Waals surface area contributed by atoms with Crippen LogP contribution in [0.25, 0.3) is 5.69 Å². The zero-order valence-corrected chi connectivity index (χ0v) is 13.0. The van der Waals surface area contributed by atoms with E-state index in [4.69, 9.17) is 5.73 Å². The van der Waals surface area contributed by atoms with E-state index in [0.29, 0.717) is 5.69 Å². The molecule has 2 rings (SSSR count). The molecule has 1 heterocycles. The summed E-state index contributed by atoms with van der Waals surface area (Å²) in [4.78, 5) is 11.4. The molecule has 22 heavy (non-hydrogen) atoms. The molecule has 0 aliphatic heterocycles. The second kappa shape index (κ2) is 6.40. The first-order valence-corrected chi connectivity index (χ1v) is 6.92. The number of thiocarbonyl (C=S) groups is 1. The van der Waals surface area contributed by atoms with Gasteiger partial charge >= 0.3 is 5.97 Å². The van der Waals surface area contributed by atoms with Crippen molar-refractivity contribution < 1.29 is 9.90 Å². The number of carboxylic acids is 1. The van der Waals surface area contributed by atoms with Gasteiger partial charge in [0.05, 0.1) is 17.5 Å². The highest BCUT2D eigenvalue weighted by Gasteiger charge is 2.15. The lowest BCUT2D eigenvalue weighted by atomic mass is 10.1. The number of rotatable bonds is 4. The minimum Gasteiger partial charge on any atom is -0.478 e. The molecule has 1 aromatic heterocycles. The van der Waals surface area contributed by atoms with E-state index in [0.717, 1.165) is 17.0 Å². The van der Waals surface area contributed by atoms with Crippen LogP contribution in [0.3, 0.4) is 0 Å². The Hall–Kier alpha value is -2.67. The summed E-state index contributed by atoms with van der Waals surface area (Å²) in [6.45, 7) is 3.80. The van der Waals surface area contributed by atoms with Crippen LogP contribution in [0.2, 0.25) is 0 Å². The molecule has 0 spiro atoms. The standard InChI is InChI=1S/C15H16N4O2S/c1-9-7-11(8-17-18-15(16)22)10(2)19(9)13-6-4-3-5-12(13)14(20)21/h3-8H,1-2H3,(H,20,21)(H3,16,18,22)/b17-8-. The second-order valence-electron chi connectivity index (χ2n) is 4.72. The lowest BCUT2D eigenvalue weighted by Gasteiger charge is -2.12. The summed E-state index contributed by atoms with van der Waals surface area (Å²) in [5, 5.41) is 13.4. The van der Waals surface area contributed by atoms with Crippen molar-refractivity contribution in [2.24, 2.45) is 10.8 Å². The van der Waals surface area contributed by atoms with Crippen molar-refractivity contribution in [2.75, 3.05) is 0 Å². The normalized spacial score (nSPS) is 10.8. The Balaban J connectivity index is 2.50. The van der Waals surface area contributed by atoms with E-state index in [-0.39, 0.29) is 10.7 Å². The smallest absolute Gasteiger partial charge is 0.337 e. The number of aromatic nitrogens is 1. The summed E-state index contributed by atoms with van der Waals surface area (Å²) in [5.41, 5.74) is 11.3. The van der Waals surface area contributed by atoms with Crippen molar-refractivity contribution in [1.29, 1.82) is 0 Å². The van der Waals surface area contributed by atoms with E-state index in [1.54, 1.807) is 24.4 Å². The van der Waals surface area contributed by atoms with Crippen molar-refractivity contribution in [1.82, 2.24) is 9.99 Å². The fourth-order valence-corrected chi connectivity index (χ4v) is 2.36. The van der Waals surface area contributed by atoms with Gasteiger partial charge in [0.25, 0.3) is 0 Å². The van der Waals surface area contributed by atoms with Crippen molar-refractivity contribution in [3.05, 3.63) is 52.8 Å². The Kier molecular flexibility index (Phi) is 4.57. The fourth-order valence-electron chi connectivity index (χ4n) is 2.30. The van der Waals surface area contributed by atoms with Gasteiger partial charge in [0.2, 0.25) is 0 Å². The number of nitrogens with two attached hydrogens (primary N) is 1. The Labute approximate surface area is 133 Å². The van der Waals surface area contributed by atoms with Gasteiger partial charge in [-0.1, -0.05) is 12.1 Å². The Morgan fingerprint density at radius 2 is 2.09 bits per heavy atom. The summed E-state index contributed by atoms with van der Waals surface area (Å²) >= 11 is 4.68. The zero-order chi connectivity index (χ0) is 16.3. The van der Waals surface area contributed by atoms with Crippen LogP contribution in [-0.4, -0.2) is 27.0 Å². The number of nitrogens with zero attached hydrogens (tertiary/aromatic N) is 2. The largest absolute Gasteiger partial charge is 0.478 e. The van der Waals surface area contributed by atoms with Gasteiger partial charge in [0, 0.05) is 17.0 Å². The maximum Gasteiger partial charge on any atom is 0.337 e. The molecule has 1 aromatic carbocycles. The number of benzene rings is 1. The summed E-state index contributed by atoms with van der Waals surface area (Å²) in [5.74, 6) is -0.964. The summed E-state index contributed by atoms with van der Waals surface area (Å²) < 4.78 is 1.88. The van der Waals surface area contributed by atoms with E-state index in [2.05, 4.69) is 22.7 Å². The molecular weight excluding hydrogens is 300 g/mol. The first kappa shape index (κ1) is 15.7. The molecule has 6 nitrogen and oxygen atoms in total. The Morgan fingerprint density at radius 1 is 1.41 bits per heavy atom. The number of para-hydroxylation sites is 1. The quantitative estimate of drug-likeness (QED) is 0.455. The number of hydrogen-bond donors (Lipinski definition) is 3. The van der Waals surface area contributed by atoms with Crippen LogP contribution >= 0.6 is 12.2 Å². The van der Waals surface area contributed by atoms with Gasteiger partial charge in [-0.2, -0.15) is 5.10 Å². The third kappa shape index (κ3) is 3.15. The van der Waals surface area contributed by atoms with Crippen LogP contribution in [0.15, 0.2) is 35.4 Å². The van der Waals surface area contributed by atoms with Crippen molar-refractivity contribution in [2.45, 2.75) is 13.8 Å². The highest BCUT2D eigenvalue weighted by atomic mass is 32.1. The highest BCUT2D eigenvalue weighted by Crippen LogP contribution is 2.22. The first-order valence-electron chi connectivity index (χ1n) is 6.52. The molecule has 0 bridgehead atoms. The number of carbonyl (C=O) groups is 1. The SMILES string of the molecule is Cc1cc(/C=N\NC(N)=S)c(C)n1-c1ccccc1C(=O)O. The molecule has 0 amide bonds. The van der Waals surface area contributed by atoms with Crippen LogP contribution < -0.4 is 11.2 Å². The molecule has 0 fully saturated rings. The third-order valence-corrected chi connectivity index (χ3v) is 3.32. The number of hydrazone groups is 1. The molecule has 0 aliphatic rings. The molecule has 0 radical (unpaired) electrons. The van der Waals surface area contributed by atoms with Gasteiger partial charge in [0.15, 0.2) is 5.11 Å². The average Bonchev–Trinajstić information content (AvgIpc) is 2.73. The first-order chi connectivity index (χ1) is 10.4. The Bertz CT molecular complexity index is 765. The van der Waals surface area contributed by atoms with Gasteiger partial charge in [-0.05, 0) is 44.3 Å². The molecule has 114 valence electrons. The van der Waals surface area contributed by atoms with E-state index in [1.165, 1.54) is 0 Å². The van der Waals surface area contributed by atoms with Gasteiger partial charge < -0.3 is 15.4 Å². The minimum atomic E-state index is -0.964. The van der Waals surface area contributed by atoms with Gasteiger partial charge in [0.1, 0.15) is 0 Å². The highest BCUT2D eigenvalue weighted by molar-refractivity contribution is 7.80. The monoisotopic (exact) mass is 316 g/mol. The summed E-state index contributed by atoms with van der Waals surface area (Å²) in [7, 11) is 0. The van der Waals surface area contributed by atoms with Crippen LogP contribution in [0.1, 0.15) is 27.3 Å². The van der Waals surface area contributed by atoms with E-state index in [1.807, 2.05) is 30.5 Å². The summed E-state index contributed by atoms with van der Waals surface area (Å²) in [6, 6.07) is 8.79. The maximum atomic E-state index is 11.4. The van der Waals surface area contributed by atoms with Crippen molar-refractivity contribution in [3.8, 4) is 5.69 Å². The van der Waals surface area contributed by atoms with Gasteiger partial charge in [-0.25, -0.2) is 4.79 Å². The number of aryl methyl sites for hydroxylation is 1. The fraction of sp³-hybridized carbons (Fsp3) is 0.133. The number of carboxylic acid groups (broad SMARTS) is 1. The molecule has 0 atom stereocenters. The van der Waals surface area contributed by atoms with Gasteiger partial charge in [-0.3, -0.25) is 5.43 Å².